The Morgan fingerprint density at radius 3 is 2.12 bits per heavy atom. The van der Waals surface area contributed by atoms with Crippen molar-refractivity contribution in [1.29, 1.82) is 0 Å². The van der Waals surface area contributed by atoms with Gasteiger partial charge in [-0.2, -0.15) is 0 Å². The van der Waals surface area contributed by atoms with Crippen LogP contribution in [0, 0.1) is 0 Å². The van der Waals surface area contributed by atoms with Crippen LogP contribution in [0.25, 0.3) is 10.8 Å². The van der Waals surface area contributed by atoms with Gasteiger partial charge < -0.3 is 4.90 Å². The van der Waals surface area contributed by atoms with E-state index in [2.05, 4.69) is 69.2 Å². The summed E-state index contributed by atoms with van der Waals surface area (Å²) in [6, 6.07) is 13.1. The van der Waals surface area contributed by atoms with Crippen molar-refractivity contribution in [3.63, 3.8) is 0 Å². The third-order valence-electron chi connectivity index (χ3n) is 3.04. The van der Waals surface area contributed by atoms with Crippen molar-refractivity contribution in [2.24, 2.45) is 0 Å². The zero-order chi connectivity index (χ0) is 11.7. The van der Waals surface area contributed by atoms with Crippen molar-refractivity contribution in [1.82, 2.24) is 0 Å². The highest BCUT2D eigenvalue weighted by Crippen LogP contribution is 2.31. The Labute approximate surface area is 97.7 Å². The molecule has 0 unspecified atom stereocenters. The maximum Gasteiger partial charge on any atom is 0.0440 e. The molecule has 0 spiro atoms. The molecule has 0 radical (unpaired) electrons. The summed E-state index contributed by atoms with van der Waals surface area (Å²) in [7, 11) is 4.19. The lowest BCUT2D eigenvalue weighted by atomic mass is 9.95. The molecule has 2 aromatic rings. The van der Waals surface area contributed by atoms with Gasteiger partial charge in [-0.25, -0.2) is 0 Å². The number of fused-ring (bicyclic) bond motifs is 1. The first-order valence-corrected chi connectivity index (χ1v) is 5.80. The summed E-state index contributed by atoms with van der Waals surface area (Å²) in [4.78, 5) is 2.17. The molecule has 0 bridgehead atoms. The number of hydrogen-bond acceptors (Lipinski definition) is 1. The molecule has 2 aromatic carbocycles. The fourth-order valence-corrected chi connectivity index (χ4v) is 2.21. The van der Waals surface area contributed by atoms with Gasteiger partial charge in [0, 0.05) is 25.2 Å². The molecular formula is C15H19N. The van der Waals surface area contributed by atoms with Gasteiger partial charge in [0.1, 0.15) is 0 Å². The second-order valence-electron chi connectivity index (χ2n) is 4.77. The summed E-state index contributed by atoms with van der Waals surface area (Å²) in [5.41, 5.74) is 2.72. The largest absolute Gasteiger partial charge is 0.377 e. The Kier molecular flexibility index (Phi) is 2.86. The summed E-state index contributed by atoms with van der Waals surface area (Å²) in [5, 5.41) is 2.72. The molecule has 16 heavy (non-hydrogen) atoms. The van der Waals surface area contributed by atoms with E-state index >= 15 is 0 Å². The van der Waals surface area contributed by atoms with Gasteiger partial charge in [0.05, 0.1) is 0 Å². The normalized spacial score (nSPS) is 11.1. The molecule has 84 valence electrons. The van der Waals surface area contributed by atoms with Gasteiger partial charge in [-0.1, -0.05) is 44.2 Å². The first-order chi connectivity index (χ1) is 7.61. The van der Waals surface area contributed by atoms with Crippen LogP contribution >= 0.6 is 0 Å². The number of hydrogen-bond donors (Lipinski definition) is 0. The summed E-state index contributed by atoms with van der Waals surface area (Å²) < 4.78 is 0. The molecule has 0 fully saturated rings. The predicted molar refractivity (Wildman–Crippen MR) is 72.4 cm³/mol. The van der Waals surface area contributed by atoms with E-state index < -0.39 is 0 Å². The maximum absolute atomic E-state index is 2.25. The van der Waals surface area contributed by atoms with Crippen LogP contribution in [0.5, 0.6) is 0 Å². The van der Waals surface area contributed by atoms with Crippen molar-refractivity contribution in [2.45, 2.75) is 19.8 Å². The van der Waals surface area contributed by atoms with E-state index in [-0.39, 0.29) is 0 Å². The van der Waals surface area contributed by atoms with Gasteiger partial charge in [-0.15, -0.1) is 0 Å². The van der Waals surface area contributed by atoms with Crippen LogP contribution in [0.2, 0.25) is 0 Å². The molecule has 0 N–H and O–H groups in total. The number of rotatable bonds is 2. The van der Waals surface area contributed by atoms with Gasteiger partial charge >= 0.3 is 0 Å². The minimum atomic E-state index is 0.570. The first-order valence-electron chi connectivity index (χ1n) is 5.80. The van der Waals surface area contributed by atoms with Crippen molar-refractivity contribution < 1.29 is 0 Å². The van der Waals surface area contributed by atoms with Crippen LogP contribution < -0.4 is 4.90 Å². The minimum absolute atomic E-state index is 0.570. The van der Waals surface area contributed by atoms with Crippen LogP contribution in [0.15, 0.2) is 36.4 Å². The minimum Gasteiger partial charge on any atom is -0.377 e. The highest BCUT2D eigenvalue weighted by atomic mass is 15.1. The zero-order valence-electron chi connectivity index (χ0n) is 10.5. The highest BCUT2D eigenvalue weighted by Gasteiger charge is 2.07. The smallest absolute Gasteiger partial charge is 0.0440 e. The molecule has 0 aliphatic rings. The molecule has 0 aliphatic carbocycles. The highest BCUT2D eigenvalue weighted by molar-refractivity contribution is 5.96. The zero-order valence-corrected chi connectivity index (χ0v) is 10.5. The Morgan fingerprint density at radius 2 is 1.50 bits per heavy atom. The molecule has 1 heteroatoms. The van der Waals surface area contributed by atoms with Crippen LogP contribution in [-0.2, 0) is 0 Å². The average molecular weight is 213 g/mol. The van der Waals surface area contributed by atoms with Crippen molar-refractivity contribution in [3.05, 3.63) is 42.0 Å². The average Bonchev–Trinajstić information content (AvgIpc) is 2.27. The predicted octanol–water partition coefficient (Wildman–Crippen LogP) is 4.03. The van der Waals surface area contributed by atoms with E-state index in [0.717, 1.165) is 0 Å². The van der Waals surface area contributed by atoms with Crippen molar-refractivity contribution in [3.8, 4) is 0 Å². The summed E-state index contributed by atoms with van der Waals surface area (Å²) in [5.74, 6) is 0.570. The molecule has 0 aliphatic heterocycles. The van der Waals surface area contributed by atoms with Crippen molar-refractivity contribution in [2.75, 3.05) is 19.0 Å². The monoisotopic (exact) mass is 213 g/mol. The van der Waals surface area contributed by atoms with Gasteiger partial charge in [0.25, 0.3) is 0 Å². The topological polar surface area (TPSA) is 3.24 Å². The van der Waals surface area contributed by atoms with E-state index in [4.69, 9.17) is 0 Å². The molecule has 0 saturated heterocycles. The second kappa shape index (κ2) is 4.17. The van der Waals surface area contributed by atoms with E-state index in [0.29, 0.717) is 5.92 Å². The summed E-state index contributed by atoms with van der Waals surface area (Å²) in [6.07, 6.45) is 0. The van der Waals surface area contributed by atoms with E-state index in [9.17, 15) is 0 Å². The van der Waals surface area contributed by atoms with Crippen LogP contribution in [0.1, 0.15) is 25.3 Å². The van der Waals surface area contributed by atoms with Crippen LogP contribution in [-0.4, -0.2) is 14.1 Å². The van der Waals surface area contributed by atoms with E-state index in [1.807, 2.05) is 0 Å². The Bertz CT molecular complexity index is 451. The molecule has 0 saturated carbocycles. The molecule has 0 atom stereocenters. The standard InChI is InChI=1S/C15H19N/c1-11(2)12-7-5-9-14-13(12)8-6-10-15(14)16(3)4/h5-11H,1-4H3. The van der Waals surface area contributed by atoms with Crippen molar-refractivity contribution >= 4 is 16.5 Å². The van der Waals surface area contributed by atoms with Crippen LogP contribution in [0.3, 0.4) is 0 Å². The molecule has 0 heterocycles. The SMILES string of the molecule is CC(C)c1cccc2c(N(C)C)cccc12. The number of benzene rings is 2. The Morgan fingerprint density at radius 1 is 0.875 bits per heavy atom. The number of anilines is 1. The first kappa shape index (κ1) is 11.0. The second-order valence-corrected chi connectivity index (χ2v) is 4.77. The molecule has 0 amide bonds. The van der Waals surface area contributed by atoms with Crippen LogP contribution in [0.4, 0.5) is 5.69 Å². The lowest BCUT2D eigenvalue weighted by molar-refractivity contribution is 0.876. The maximum atomic E-state index is 2.25. The summed E-state index contributed by atoms with van der Waals surface area (Å²) >= 11 is 0. The third kappa shape index (κ3) is 1.78. The Balaban J connectivity index is 2.76. The molecule has 1 nitrogen and oxygen atoms in total. The fraction of sp³-hybridized carbons (Fsp3) is 0.333. The molecule has 0 aromatic heterocycles. The van der Waals surface area contributed by atoms with E-state index in [1.165, 1.54) is 22.0 Å². The van der Waals surface area contributed by atoms with Gasteiger partial charge in [-0.05, 0) is 22.9 Å². The Hall–Kier alpha value is -1.50. The van der Waals surface area contributed by atoms with Gasteiger partial charge in [0.2, 0.25) is 0 Å². The third-order valence-corrected chi connectivity index (χ3v) is 3.04. The lowest BCUT2D eigenvalue weighted by Crippen LogP contribution is -2.09. The molecule has 2 rings (SSSR count). The van der Waals surface area contributed by atoms with Gasteiger partial charge in [0.15, 0.2) is 0 Å². The molecular weight excluding hydrogens is 194 g/mol. The fourth-order valence-electron chi connectivity index (χ4n) is 2.21. The summed E-state index contributed by atoms with van der Waals surface area (Å²) in [6.45, 7) is 4.49. The lowest BCUT2D eigenvalue weighted by Gasteiger charge is -2.17. The van der Waals surface area contributed by atoms with E-state index in [1.54, 1.807) is 0 Å². The van der Waals surface area contributed by atoms with Gasteiger partial charge in [-0.3, -0.25) is 0 Å². The number of nitrogens with zero attached hydrogens (tertiary/aromatic N) is 1. The quantitative estimate of drug-likeness (QED) is 0.728.